The summed E-state index contributed by atoms with van der Waals surface area (Å²) in [7, 11) is -3.75. The molecule has 1 aliphatic heterocycles. The molecular formula is C20H21NO5S. The molecule has 0 radical (unpaired) electrons. The van der Waals surface area contributed by atoms with Crippen molar-refractivity contribution in [2.75, 3.05) is 0 Å². The van der Waals surface area contributed by atoms with Gasteiger partial charge in [-0.3, -0.25) is 9.59 Å². The second kappa shape index (κ2) is 6.90. The fourth-order valence-electron chi connectivity index (χ4n) is 3.43. The molecule has 0 bridgehead atoms. The number of ether oxygens (including phenoxy) is 1. The molecule has 27 heavy (non-hydrogen) atoms. The average molecular weight is 387 g/mol. The summed E-state index contributed by atoms with van der Waals surface area (Å²) in [6.07, 6.45) is 0.685. The Kier molecular flexibility index (Phi) is 4.92. The van der Waals surface area contributed by atoms with Gasteiger partial charge >= 0.3 is 5.97 Å². The molecule has 0 saturated heterocycles. The first-order chi connectivity index (χ1) is 12.7. The van der Waals surface area contributed by atoms with Crippen molar-refractivity contribution in [1.29, 1.82) is 0 Å². The monoisotopic (exact) mass is 387 g/mol. The van der Waals surface area contributed by atoms with Crippen molar-refractivity contribution in [3.8, 4) is 5.75 Å². The number of benzene rings is 2. The van der Waals surface area contributed by atoms with Crippen LogP contribution in [0.15, 0.2) is 35.2 Å². The number of rotatable bonds is 4. The maximum Gasteiger partial charge on any atom is 0.308 e. The molecule has 2 aromatic rings. The zero-order chi connectivity index (χ0) is 19.9. The van der Waals surface area contributed by atoms with Gasteiger partial charge in [-0.05, 0) is 44.5 Å². The lowest BCUT2D eigenvalue weighted by Crippen LogP contribution is -2.28. The SMILES string of the molecule is CC(=O)Oc1c(C)c(C=O)cc2c1C(C)N(S(=O)(=O)c1ccc(C)cc1)C2. The van der Waals surface area contributed by atoms with Gasteiger partial charge in [0, 0.05) is 30.2 Å². The highest BCUT2D eigenvalue weighted by Crippen LogP contribution is 2.44. The number of hydrogen-bond donors (Lipinski definition) is 0. The van der Waals surface area contributed by atoms with Crippen molar-refractivity contribution in [2.24, 2.45) is 0 Å². The molecule has 0 fully saturated rings. The van der Waals surface area contributed by atoms with Crippen LogP contribution in [-0.2, 0) is 21.4 Å². The van der Waals surface area contributed by atoms with Gasteiger partial charge in [0.25, 0.3) is 0 Å². The molecule has 0 N–H and O–H groups in total. The van der Waals surface area contributed by atoms with E-state index < -0.39 is 22.0 Å². The minimum absolute atomic E-state index is 0.113. The van der Waals surface area contributed by atoms with Crippen molar-refractivity contribution in [3.05, 3.63) is 58.1 Å². The molecule has 6 nitrogen and oxygen atoms in total. The van der Waals surface area contributed by atoms with E-state index in [9.17, 15) is 18.0 Å². The highest BCUT2D eigenvalue weighted by molar-refractivity contribution is 7.89. The number of fused-ring (bicyclic) bond motifs is 1. The molecule has 0 saturated carbocycles. The van der Waals surface area contributed by atoms with Gasteiger partial charge in [-0.1, -0.05) is 17.7 Å². The van der Waals surface area contributed by atoms with Crippen LogP contribution in [-0.4, -0.2) is 25.0 Å². The van der Waals surface area contributed by atoms with E-state index in [0.29, 0.717) is 28.5 Å². The Morgan fingerprint density at radius 3 is 2.41 bits per heavy atom. The summed E-state index contributed by atoms with van der Waals surface area (Å²) < 4.78 is 33.0. The third kappa shape index (κ3) is 3.28. The first-order valence-electron chi connectivity index (χ1n) is 8.55. The summed E-state index contributed by atoms with van der Waals surface area (Å²) in [6.45, 7) is 6.72. The van der Waals surface area contributed by atoms with Crippen LogP contribution in [0.5, 0.6) is 5.75 Å². The Morgan fingerprint density at radius 1 is 1.22 bits per heavy atom. The molecule has 1 aliphatic rings. The summed E-state index contributed by atoms with van der Waals surface area (Å²) in [5, 5.41) is 0. The standard InChI is InChI=1S/C20H21NO5S/c1-12-5-7-18(8-6-12)27(24,25)21-10-16-9-17(11-22)13(2)20(26-15(4)23)19(16)14(21)3/h5-9,11,14H,10H2,1-4H3. The highest BCUT2D eigenvalue weighted by atomic mass is 32.2. The van der Waals surface area contributed by atoms with Crippen molar-refractivity contribution in [1.82, 2.24) is 4.31 Å². The van der Waals surface area contributed by atoms with E-state index in [1.165, 1.54) is 11.2 Å². The summed E-state index contributed by atoms with van der Waals surface area (Å²) >= 11 is 0. The number of nitrogens with zero attached hydrogens (tertiary/aromatic N) is 1. The third-order valence-electron chi connectivity index (χ3n) is 4.87. The fourth-order valence-corrected chi connectivity index (χ4v) is 5.01. The van der Waals surface area contributed by atoms with Crippen LogP contribution in [0, 0.1) is 13.8 Å². The highest BCUT2D eigenvalue weighted by Gasteiger charge is 2.39. The number of hydrogen-bond acceptors (Lipinski definition) is 5. The van der Waals surface area contributed by atoms with Gasteiger partial charge in [0.2, 0.25) is 10.0 Å². The molecule has 1 heterocycles. The van der Waals surface area contributed by atoms with Gasteiger partial charge in [0.15, 0.2) is 0 Å². The van der Waals surface area contributed by atoms with E-state index in [4.69, 9.17) is 4.74 Å². The molecule has 1 unspecified atom stereocenters. The molecule has 0 amide bonds. The summed E-state index contributed by atoms with van der Waals surface area (Å²) in [5.74, 6) is -0.244. The van der Waals surface area contributed by atoms with Crippen LogP contribution in [0.3, 0.4) is 0 Å². The fraction of sp³-hybridized carbons (Fsp3) is 0.300. The Labute approximate surface area is 158 Å². The molecule has 0 aliphatic carbocycles. The van der Waals surface area contributed by atoms with Crippen molar-refractivity contribution in [2.45, 2.75) is 45.2 Å². The quantitative estimate of drug-likeness (QED) is 0.457. The normalized spacial score (nSPS) is 16.8. The first-order valence-corrected chi connectivity index (χ1v) is 9.99. The molecule has 142 valence electrons. The summed E-state index contributed by atoms with van der Waals surface area (Å²) in [5.41, 5.74) is 3.17. The van der Waals surface area contributed by atoms with E-state index in [2.05, 4.69) is 0 Å². The van der Waals surface area contributed by atoms with Crippen molar-refractivity contribution >= 4 is 22.3 Å². The topological polar surface area (TPSA) is 80.8 Å². The van der Waals surface area contributed by atoms with Gasteiger partial charge in [0.1, 0.15) is 12.0 Å². The van der Waals surface area contributed by atoms with Crippen LogP contribution in [0.25, 0.3) is 0 Å². The van der Waals surface area contributed by atoms with Gasteiger partial charge in [-0.15, -0.1) is 0 Å². The van der Waals surface area contributed by atoms with Gasteiger partial charge in [0.05, 0.1) is 10.9 Å². The average Bonchev–Trinajstić information content (AvgIpc) is 2.94. The molecule has 3 rings (SSSR count). The van der Waals surface area contributed by atoms with Crippen LogP contribution in [0.2, 0.25) is 0 Å². The lowest BCUT2D eigenvalue weighted by Gasteiger charge is -2.22. The molecular weight excluding hydrogens is 366 g/mol. The number of esters is 1. The summed E-state index contributed by atoms with van der Waals surface area (Å²) in [4.78, 5) is 23.2. The van der Waals surface area contributed by atoms with Crippen LogP contribution in [0.4, 0.5) is 0 Å². The van der Waals surface area contributed by atoms with Crippen molar-refractivity contribution < 1.29 is 22.7 Å². The third-order valence-corrected chi connectivity index (χ3v) is 6.80. The van der Waals surface area contributed by atoms with Crippen molar-refractivity contribution in [3.63, 3.8) is 0 Å². The molecule has 1 atom stereocenters. The lowest BCUT2D eigenvalue weighted by molar-refractivity contribution is -0.132. The Morgan fingerprint density at radius 2 is 1.85 bits per heavy atom. The van der Waals surface area contributed by atoms with Gasteiger partial charge in [-0.2, -0.15) is 4.31 Å². The number of aryl methyl sites for hydroxylation is 1. The largest absolute Gasteiger partial charge is 0.426 e. The maximum absolute atomic E-state index is 13.1. The number of carbonyl (C=O) groups excluding carboxylic acids is 2. The van der Waals surface area contributed by atoms with Gasteiger partial charge < -0.3 is 4.74 Å². The first kappa shape index (κ1) is 19.3. The number of carbonyl (C=O) groups is 2. The van der Waals surface area contributed by atoms with Crippen LogP contribution in [0.1, 0.15) is 52.5 Å². The van der Waals surface area contributed by atoms with Gasteiger partial charge in [-0.25, -0.2) is 8.42 Å². The molecule has 2 aromatic carbocycles. The zero-order valence-electron chi connectivity index (χ0n) is 15.6. The van der Waals surface area contributed by atoms with E-state index in [1.54, 1.807) is 44.2 Å². The number of aldehydes is 1. The van der Waals surface area contributed by atoms with Crippen LogP contribution < -0.4 is 4.74 Å². The predicted octanol–water partition coefficient (Wildman–Crippen LogP) is 3.31. The maximum atomic E-state index is 13.1. The minimum Gasteiger partial charge on any atom is -0.426 e. The lowest BCUT2D eigenvalue weighted by atomic mass is 9.97. The van der Waals surface area contributed by atoms with E-state index in [1.807, 2.05) is 6.92 Å². The Hall–Kier alpha value is -2.51. The molecule has 0 aromatic heterocycles. The number of sulfonamides is 1. The Bertz CT molecular complexity index is 1030. The second-order valence-electron chi connectivity index (χ2n) is 6.74. The smallest absolute Gasteiger partial charge is 0.308 e. The summed E-state index contributed by atoms with van der Waals surface area (Å²) in [6, 6.07) is 7.80. The van der Waals surface area contributed by atoms with E-state index >= 15 is 0 Å². The van der Waals surface area contributed by atoms with Crippen LogP contribution >= 0.6 is 0 Å². The van der Waals surface area contributed by atoms with E-state index in [0.717, 1.165) is 5.56 Å². The predicted molar refractivity (Wildman–Crippen MR) is 100 cm³/mol. The molecule has 0 spiro atoms. The second-order valence-corrected chi connectivity index (χ2v) is 8.63. The zero-order valence-corrected chi connectivity index (χ0v) is 16.5. The Balaban J connectivity index is 2.11. The minimum atomic E-state index is -3.75. The van der Waals surface area contributed by atoms with E-state index in [-0.39, 0.29) is 17.2 Å². The molecule has 7 heteroatoms.